The monoisotopic (exact) mass is 818 g/mol. The zero-order valence-electron chi connectivity index (χ0n) is 34.3. The lowest BCUT2D eigenvalue weighted by Gasteiger charge is -2.20. The molecular formula is C38H66N4O15. The topological polar surface area (TPSA) is 225 Å². The number of esters is 1. The van der Waals surface area contributed by atoms with Crippen LogP contribution in [0.1, 0.15) is 59.3 Å². The van der Waals surface area contributed by atoms with Crippen LogP contribution in [-0.2, 0) is 71.4 Å². The quantitative estimate of drug-likeness (QED) is 0.0429. The summed E-state index contributed by atoms with van der Waals surface area (Å²) < 4.78 is 48.2. The lowest BCUT2D eigenvalue weighted by molar-refractivity contribution is -0.155. The Labute approximate surface area is 336 Å². The van der Waals surface area contributed by atoms with Crippen molar-refractivity contribution >= 4 is 35.5 Å². The molecule has 0 unspecified atom stereocenters. The van der Waals surface area contributed by atoms with Gasteiger partial charge in [-0.15, -0.1) is 0 Å². The van der Waals surface area contributed by atoms with Gasteiger partial charge in [0.05, 0.1) is 99.1 Å². The first-order chi connectivity index (χ1) is 27.4. The Kier molecular flexibility index (Phi) is 30.2. The molecule has 0 spiro atoms. The minimum absolute atomic E-state index is 0.0171. The molecule has 0 bridgehead atoms. The first-order valence-electron chi connectivity index (χ1n) is 19.5. The average Bonchev–Trinajstić information content (AvgIpc) is 3.48. The van der Waals surface area contributed by atoms with Gasteiger partial charge in [-0.1, -0.05) is 0 Å². The summed E-state index contributed by atoms with van der Waals surface area (Å²) in [7, 11) is 1.63. The van der Waals surface area contributed by atoms with Crippen molar-refractivity contribution in [3.05, 3.63) is 12.2 Å². The first-order valence-corrected chi connectivity index (χ1v) is 19.5. The number of imide groups is 1. The zero-order chi connectivity index (χ0) is 42.0. The largest absolute Gasteiger partial charge is 0.460 e. The van der Waals surface area contributed by atoms with E-state index in [1.807, 2.05) is 0 Å². The van der Waals surface area contributed by atoms with E-state index in [9.17, 15) is 28.8 Å². The maximum absolute atomic E-state index is 13.0. The van der Waals surface area contributed by atoms with Gasteiger partial charge < -0.3 is 58.6 Å². The molecule has 0 radical (unpaired) electrons. The number of carbonyl (C=O) groups is 6. The van der Waals surface area contributed by atoms with Crippen LogP contribution < -0.4 is 16.0 Å². The molecule has 1 heterocycles. The van der Waals surface area contributed by atoms with E-state index in [2.05, 4.69) is 16.0 Å². The van der Waals surface area contributed by atoms with Crippen LogP contribution in [0.15, 0.2) is 12.2 Å². The molecule has 1 aliphatic heterocycles. The molecule has 1 atom stereocenters. The standard InChI is InChI=1S/C38H66N4O15/c1-38(2,3)57-36(47)8-5-13-40-37(48)31(41-33(44)7-6-15-42-34(45)11-12-35(42)46)9-10-32(43)39-14-16-50-19-20-52-23-24-54-27-28-56-30-29-55-26-25-53-22-21-51-18-17-49-4/h11-12,31H,5-10,13-30H2,1-4H3,(H,39,43)(H,40,48)(H,41,44)/t31-/m0/s1. The average molecular weight is 819 g/mol. The molecule has 0 aliphatic carbocycles. The van der Waals surface area contributed by atoms with Crippen molar-refractivity contribution in [3.63, 3.8) is 0 Å². The Bertz CT molecular complexity index is 1160. The van der Waals surface area contributed by atoms with E-state index in [1.54, 1.807) is 27.9 Å². The molecule has 0 aromatic heterocycles. The Morgan fingerprint density at radius 3 is 1.54 bits per heavy atom. The van der Waals surface area contributed by atoms with E-state index >= 15 is 0 Å². The molecule has 0 saturated heterocycles. The van der Waals surface area contributed by atoms with Crippen LogP contribution in [0.25, 0.3) is 0 Å². The summed E-state index contributed by atoms with van der Waals surface area (Å²) in [6, 6.07) is -1.02. The summed E-state index contributed by atoms with van der Waals surface area (Å²) >= 11 is 0. The van der Waals surface area contributed by atoms with Crippen molar-refractivity contribution in [2.24, 2.45) is 0 Å². The van der Waals surface area contributed by atoms with Gasteiger partial charge in [-0.25, -0.2) is 0 Å². The van der Waals surface area contributed by atoms with Crippen LogP contribution in [0, 0.1) is 0 Å². The highest BCUT2D eigenvalue weighted by Gasteiger charge is 2.25. The second-order valence-electron chi connectivity index (χ2n) is 13.5. The molecule has 0 fully saturated rings. The van der Waals surface area contributed by atoms with Crippen molar-refractivity contribution in [3.8, 4) is 0 Å². The summed E-state index contributed by atoms with van der Waals surface area (Å²) in [5, 5.41) is 8.06. The number of methoxy groups -OCH3 is 1. The van der Waals surface area contributed by atoms with Gasteiger partial charge in [-0.2, -0.15) is 0 Å². The fraction of sp³-hybridized carbons (Fsp3) is 0.789. The predicted octanol–water partition coefficient (Wildman–Crippen LogP) is 0.0735. The zero-order valence-corrected chi connectivity index (χ0v) is 34.3. The molecule has 19 nitrogen and oxygen atoms in total. The number of carbonyl (C=O) groups excluding carboxylic acids is 6. The van der Waals surface area contributed by atoms with Crippen LogP contribution in [0.2, 0.25) is 0 Å². The van der Waals surface area contributed by atoms with Crippen LogP contribution in [0.4, 0.5) is 0 Å². The number of nitrogens with one attached hydrogen (secondary N) is 3. The van der Waals surface area contributed by atoms with E-state index in [4.69, 9.17) is 42.6 Å². The molecule has 1 aliphatic rings. The summed E-state index contributed by atoms with van der Waals surface area (Å²) in [5.74, 6) is -2.59. The summed E-state index contributed by atoms with van der Waals surface area (Å²) in [5.41, 5.74) is -0.619. The minimum Gasteiger partial charge on any atom is -0.460 e. The highest BCUT2D eigenvalue weighted by molar-refractivity contribution is 6.12. The van der Waals surface area contributed by atoms with Crippen molar-refractivity contribution in [2.45, 2.75) is 70.9 Å². The molecule has 0 saturated carbocycles. The number of nitrogens with zero attached hydrogens (tertiary/aromatic N) is 1. The van der Waals surface area contributed by atoms with E-state index < -0.39 is 41.2 Å². The third-order valence-corrected chi connectivity index (χ3v) is 7.51. The second kappa shape index (κ2) is 33.4. The molecule has 0 aromatic rings. The van der Waals surface area contributed by atoms with Gasteiger partial charge in [-0.05, 0) is 40.0 Å². The lowest BCUT2D eigenvalue weighted by atomic mass is 10.1. The number of rotatable bonds is 37. The van der Waals surface area contributed by atoms with Crippen molar-refractivity contribution in [1.29, 1.82) is 0 Å². The van der Waals surface area contributed by atoms with Crippen LogP contribution in [-0.4, -0.2) is 178 Å². The molecule has 1 rings (SSSR count). The second-order valence-corrected chi connectivity index (χ2v) is 13.5. The maximum atomic E-state index is 13.0. The molecule has 0 aromatic carbocycles. The van der Waals surface area contributed by atoms with Gasteiger partial charge in [0.2, 0.25) is 17.7 Å². The third kappa shape index (κ3) is 30.2. The Balaban J connectivity index is 2.15. The molecule has 328 valence electrons. The van der Waals surface area contributed by atoms with Gasteiger partial charge in [0, 0.05) is 58.2 Å². The highest BCUT2D eigenvalue weighted by atomic mass is 16.6. The highest BCUT2D eigenvalue weighted by Crippen LogP contribution is 2.09. The Morgan fingerprint density at radius 1 is 0.596 bits per heavy atom. The maximum Gasteiger partial charge on any atom is 0.306 e. The van der Waals surface area contributed by atoms with Crippen LogP contribution in [0.5, 0.6) is 0 Å². The van der Waals surface area contributed by atoms with Gasteiger partial charge in [0.1, 0.15) is 11.6 Å². The van der Waals surface area contributed by atoms with E-state index in [0.29, 0.717) is 98.9 Å². The van der Waals surface area contributed by atoms with Gasteiger partial charge >= 0.3 is 5.97 Å². The van der Waals surface area contributed by atoms with E-state index in [1.165, 1.54) is 12.2 Å². The minimum atomic E-state index is -1.02. The van der Waals surface area contributed by atoms with Gasteiger partial charge in [-0.3, -0.25) is 33.7 Å². The Hall–Kier alpha value is -3.56. The normalized spacial score (nSPS) is 13.2. The first kappa shape index (κ1) is 51.5. The van der Waals surface area contributed by atoms with Crippen molar-refractivity contribution in [2.75, 3.05) is 126 Å². The lowest BCUT2D eigenvalue weighted by Crippen LogP contribution is -2.47. The van der Waals surface area contributed by atoms with Crippen LogP contribution >= 0.6 is 0 Å². The number of ether oxygens (including phenoxy) is 9. The number of amides is 5. The van der Waals surface area contributed by atoms with Crippen molar-refractivity contribution in [1.82, 2.24) is 20.9 Å². The molecule has 19 heteroatoms. The smallest absolute Gasteiger partial charge is 0.306 e. The fourth-order valence-corrected chi connectivity index (χ4v) is 4.73. The summed E-state index contributed by atoms with van der Waals surface area (Å²) in [6.45, 7) is 12.4. The van der Waals surface area contributed by atoms with Gasteiger partial charge in [0.25, 0.3) is 11.8 Å². The number of hydrogen-bond acceptors (Lipinski definition) is 15. The Morgan fingerprint density at radius 2 is 1.07 bits per heavy atom. The third-order valence-electron chi connectivity index (χ3n) is 7.51. The number of hydrogen-bond donors (Lipinski definition) is 3. The SMILES string of the molecule is COCCOCCOCCOCCOCCOCCOCCOCCNC(=O)CC[C@H](NC(=O)CCCN1C(=O)C=CC1=O)C(=O)NCCCC(=O)OC(C)(C)C. The van der Waals surface area contributed by atoms with Crippen LogP contribution in [0.3, 0.4) is 0 Å². The molecule has 3 N–H and O–H groups in total. The summed E-state index contributed by atoms with van der Waals surface area (Å²) in [4.78, 5) is 74.7. The molecular weight excluding hydrogens is 752 g/mol. The van der Waals surface area contributed by atoms with Gasteiger partial charge in [0.15, 0.2) is 0 Å². The van der Waals surface area contributed by atoms with Crippen molar-refractivity contribution < 1.29 is 71.4 Å². The van der Waals surface area contributed by atoms with E-state index in [-0.39, 0.29) is 64.3 Å². The fourth-order valence-electron chi connectivity index (χ4n) is 4.73. The summed E-state index contributed by atoms with van der Waals surface area (Å²) in [6.07, 6.45) is 2.88. The van der Waals surface area contributed by atoms with E-state index in [0.717, 1.165) is 4.90 Å². The predicted molar refractivity (Wildman–Crippen MR) is 205 cm³/mol. The molecule has 5 amide bonds. The molecule has 57 heavy (non-hydrogen) atoms.